The van der Waals surface area contributed by atoms with Crippen molar-refractivity contribution in [2.45, 2.75) is 12.6 Å². The summed E-state index contributed by atoms with van der Waals surface area (Å²) >= 11 is 0. The second-order valence-electron chi connectivity index (χ2n) is 7.66. The zero-order chi connectivity index (χ0) is 21.9. The summed E-state index contributed by atoms with van der Waals surface area (Å²) in [5.41, 5.74) is 1.11. The molecule has 3 rings (SSSR count). The largest absolute Gasteiger partial charge is 0.493 e. The minimum absolute atomic E-state index is 0.254. The summed E-state index contributed by atoms with van der Waals surface area (Å²) in [6, 6.07) is 15.5. The number of hydrogen-bond donors (Lipinski definition) is 1. The lowest BCUT2D eigenvalue weighted by Crippen LogP contribution is -2.43. The molecule has 7 heteroatoms. The van der Waals surface area contributed by atoms with Crippen LogP contribution in [0.25, 0.3) is 0 Å². The highest BCUT2D eigenvalue weighted by molar-refractivity contribution is 5.42. The van der Waals surface area contributed by atoms with Crippen molar-refractivity contribution >= 4 is 0 Å². The third-order valence-corrected chi connectivity index (χ3v) is 5.34. The van der Waals surface area contributed by atoms with Gasteiger partial charge in [-0.2, -0.15) is 0 Å². The van der Waals surface area contributed by atoms with E-state index in [1.165, 1.54) is 0 Å². The molecule has 2 aromatic carbocycles. The molecule has 0 aliphatic carbocycles. The number of methoxy groups -OCH3 is 2. The van der Waals surface area contributed by atoms with Gasteiger partial charge in [-0.05, 0) is 29.8 Å². The van der Waals surface area contributed by atoms with Gasteiger partial charge in [0.15, 0.2) is 11.5 Å². The number of morpholine rings is 1. The van der Waals surface area contributed by atoms with E-state index in [2.05, 4.69) is 9.80 Å². The Kier molecular flexibility index (Phi) is 9.42. The molecule has 0 aromatic heterocycles. The van der Waals surface area contributed by atoms with Crippen LogP contribution in [0.2, 0.25) is 0 Å². The van der Waals surface area contributed by atoms with Gasteiger partial charge in [-0.1, -0.05) is 24.3 Å². The molecule has 1 fully saturated rings. The van der Waals surface area contributed by atoms with Crippen molar-refractivity contribution in [2.75, 3.05) is 66.8 Å². The fraction of sp³-hybridized carbons (Fsp3) is 0.500. The van der Waals surface area contributed by atoms with E-state index in [0.717, 1.165) is 50.7 Å². The average molecular weight is 431 g/mol. The van der Waals surface area contributed by atoms with Crippen LogP contribution in [0.3, 0.4) is 0 Å². The molecule has 7 nitrogen and oxygen atoms in total. The highest BCUT2D eigenvalue weighted by Gasteiger charge is 2.17. The van der Waals surface area contributed by atoms with Gasteiger partial charge >= 0.3 is 0 Å². The molecule has 1 aliphatic rings. The van der Waals surface area contributed by atoms with Gasteiger partial charge in [0, 0.05) is 39.3 Å². The van der Waals surface area contributed by atoms with Gasteiger partial charge in [-0.15, -0.1) is 0 Å². The molecule has 31 heavy (non-hydrogen) atoms. The molecule has 2 aromatic rings. The Morgan fingerprint density at radius 1 is 1.03 bits per heavy atom. The van der Waals surface area contributed by atoms with E-state index in [4.69, 9.17) is 18.9 Å². The summed E-state index contributed by atoms with van der Waals surface area (Å²) in [5, 5.41) is 10.6. The van der Waals surface area contributed by atoms with E-state index < -0.39 is 6.10 Å². The van der Waals surface area contributed by atoms with E-state index in [1.54, 1.807) is 14.2 Å². The Balaban J connectivity index is 1.60. The fourth-order valence-electron chi connectivity index (χ4n) is 3.64. The summed E-state index contributed by atoms with van der Waals surface area (Å²) in [7, 11) is 3.28. The molecular weight excluding hydrogens is 396 g/mol. The first kappa shape index (κ1) is 23.3. The molecule has 0 unspecified atom stereocenters. The Morgan fingerprint density at radius 2 is 1.77 bits per heavy atom. The molecule has 0 bridgehead atoms. The van der Waals surface area contributed by atoms with Gasteiger partial charge in [0.25, 0.3) is 0 Å². The number of para-hydroxylation sites is 1. The number of nitrogens with zero attached hydrogens (tertiary/aromatic N) is 2. The van der Waals surface area contributed by atoms with Crippen molar-refractivity contribution in [3.63, 3.8) is 0 Å². The van der Waals surface area contributed by atoms with Crippen molar-refractivity contribution in [1.29, 1.82) is 0 Å². The molecule has 1 heterocycles. The number of aliphatic hydroxyl groups is 1. The van der Waals surface area contributed by atoms with Gasteiger partial charge in [-0.3, -0.25) is 9.80 Å². The van der Waals surface area contributed by atoms with Crippen LogP contribution in [0.1, 0.15) is 5.56 Å². The Labute approximate surface area is 185 Å². The molecule has 1 N–H and O–H groups in total. The van der Waals surface area contributed by atoms with Crippen molar-refractivity contribution in [2.24, 2.45) is 0 Å². The first-order chi connectivity index (χ1) is 15.2. The molecule has 1 aliphatic heterocycles. The highest BCUT2D eigenvalue weighted by Crippen LogP contribution is 2.28. The van der Waals surface area contributed by atoms with E-state index in [1.807, 2.05) is 48.5 Å². The van der Waals surface area contributed by atoms with Crippen LogP contribution >= 0.6 is 0 Å². The number of ether oxygens (including phenoxy) is 4. The molecule has 0 saturated carbocycles. The zero-order valence-electron chi connectivity index (χ0n) is 18.5. The maximum Gasteiger partial charge on any atom is 0.161 e. The average Bonchev–Trinajstić information content (AvgIpc) is 2.82. The van der Waals surface area contributed by atoms with E-state index in [-0.39, 0.29) is 6.61 Å². The summed E-state index contributed by atoms with van der Waals surface area (Å²) < 4.78 is 22.0. The first-order valence-corrected chi connectivity index (χ1v) is 10.8. The molecular formula is C24H34N2O5. The van der Waals surface area contributed by atoms with Crippen LogP contribution in [-0.2, 0) is 11.3 Å². The predicted molar refractivity (Wildman–Crippen MR) is 120 cm³/mol. The van der Waals surface area contributed by atoms with Gasteiger partial charge in [-0.25, -0.2) is 0 Å². The summed E-state index contributed by atoms with van der Waals surface area (Å²) in [5.74, 6) is 2.19. The van der Waals surface area contributed by atoms with Crippen LogP contribution < -0.4 is 14.2 Å². The number of rotatable bonds is 12. The second kappa shape index (κ2) is 12.5. The minimum atomic E-state index is -0.593. The second-order valence-corrected chi connectivity index (χ2v) is 7.66. The predicted octanol–water partition coefficient (Wildman–Crippen LogP) is 2.28. The lowest BCUT2D eigenvalue weighted by molar-refractivity contribution is 0.0256. The SMILES string of the molecule is COc1ccc(CN(CCN2CCOCC2)C[C@@H](O)COc2ccccc2)cc1OC. The molecule has 170 valence electrons. The summed E-state index contributed by atoms with van der Waals surface area (Å²) in [6.45, 7) is 6.71. The topological polar surface area (TPSA) is 63.6 Å². The highest BCUT2D eigenvalue weighted by atomic mass is 16.5. The van der Waals surface area contributed by atoms with Crippen molar-refractivity contribution < 1.29 is 24.1 Å². The lowest BCUT2D eigenvalue weighted by atomic mass is 10.1. The molecule has 1 atom stereocenters. The number of benzene rings is 2. The number of aliphatic hydroxyl groups excluding tert-OH is 1. The Morgan fingerprint density at radius 3 is 2.48 bits per heavy atom. The van der Waals surface area contributed by atoms with Gasteiger partial charge in [0.1, 0.15) is 18.5 Å². The van der Waals surface area contributed by atoms with Gasteiger partial charge in [0.2, 0.25) is 0 Å². The van der Waals surface area contributed by atoms with E-state index in [9.17, 15) is 5.11 Å². The normalized spacial score (nSPS) is 15.6. The quantitative estimate of drug-likeness (QED) is 0.554. The van der Waals surface area contributed by atoms with Crippen LogP contribution in [0, 0.1) is 0 Å². The van der Waals surface area contributed by atoms with Crippen LogP contribution in [-0.4, -0.2) is 87.8 Å². The molecule has 1 saturated heterocycles. The van der Waals surface area contributed by atoms with E-state index >= 15 is 0 Å². The number of hydrogen-bond acceptors (Lipinski definition) is 7. The standard InChI is InChI=1S/C24H34N2O5/c1-28-23-9-8-20(16-24(23)29-2)17-26(11-10-25-12-14-30-15-13-25)18-21(27)19-31-22-6-4-3-5-7-22/h3-9,16,21,27H,10-15,17-19H2,1-2H3/t21-/m1/s1. The van der Waals surface area contributed by atoms with Gasteiger partial charge in [0.05, 0.1) is 27.4 Å². The van der Waals surface area contributed by atoms with Crippen molar-refractivity contribution in [3.05, 3.63) is 54.1 Å². The first-order valence-electron chi connectivity index (χ1n) is 10.8. The maximum absolute atomic E-state index is 10.6. The van der Waals surface area contributed by atoms with E-state index in [0.29, 0.717) is 24.6 Å². The molecule has 0 spiro atoms. The summed E-state index contributed by atoms with van der Waals surface area (Å²) in [6.07, 6.45) is -0.593. The zero-order valence-corrected chi connectivity index (χ0v) is 18.5. The van der Waals surface area contributed by atoms with Crippen molar-refractivity contribution in [3.8, 4) is 17.2 Å². The molecule has 0 radical (unpaired) electrons. The van der Waals surface area contributed by atoms with Crippen LogP contribution in [0.15, 0.2) is 48.5 Å². The smallest absolute Gasteiger partial charge is 0.161 e. The molecule has 0 amide bonds. The Hall–Kier alpha value is -2.32. The van der Waals surface area contributed by atoms with Crippen LogP contribution in [0.5, 0.6) is 17.2 Å². The monoisotopic (exact) mass is 430 g/mol. The lowest BCUT2D eigenvalue weighted by Gasteiger charge is -2.31. The van der Waals surface area contributed by atoms with Crippen LogP contribution in [0.4, 0.5) is 0 Å². The third-order valence-electron chi connectivity index (χ3n) is 5.34. The fourth-order valence-corrected chi connectivity index (χ4v) is 3.64. The Bertz CT molecular complexity index is 768. The maximum atomic E-state index is 10.6. The minimum Gasteiger partial charge on any atom is -0.493 e. The summed E-state index contributed by atoms with van der Waals surface area (Å²) in [4.78, 5) is 4.66. The van der Waals surface area contributed by atoms with Crippen molar-refractivity contribution in [1.82, 2.24) is 9.80 Å². The van der Waals surface area contributed by atoms with Gasteiger partial charge < -0.3 is 24.1 Å². The third kappa shape index (κ3) is 7.70.